The second kappa shape index (κ2) is 6.55. The number of rotatable bonds is 5. The van der Waals surface area contributed by atoms with Crippen molar-refractivity contribution in [1.29, 1.82) is 0 Å². The van der Waals surface area contributed by atoms with Crippen LogP contribution in [0, 0.1) is 6.92 Å². The first-order valence-electron chi connectivity index (χ1n) is 6.33. The maximum absolute atomic E-state index is 11.5. The van der Waals surface area contributed by atoms with E-state index in [-0.39, 0.29) is 5.91 Å². The van der Waals surface area contributed by atoms with Gasteiger partial charge < -0.3 is 10.6 Å². The second-order valence-corrected chi connectivity index (χ2v) is 4.11. The average molecular weight is 272 g/mol. The summed E-state index contributed by atoms with van der Waals surface area (Å²) in [6, 6.07) is 5.17. The number of aromatic nitrogens is 4. The fourth-order valence-corrected chi connectivity index (χ4v) is 1.58. The SMILES string of the molecule is CCNC(=O)c1ccc(NCc2ccnc(C)n2)nn1. The highest BCUT2D eigenvalue weighted by atomic mass is 16.1. The first-order chi connectivity index (χ1) is 9.69. The van der Waals surface area contributed by atoms with Crippen LogP contribution in [0.15, 0.2) is 24.4 Å². The molecule has 7 nitrogen and oxygen atoms in total. The Morgan fingerprint density at radius 1 is 1.25 bits per heavy atom. The Labute approximate surface area is 116 Å². The number of carbonyl (C=O) groups excluding carboxylic acids is 1. The summed E-state index contributed by atoms with van der Waals surface area (Å²) >= 11 is 0. The molecule has 2 heterocycles. The predicted molar refractivity (Wildman–Crippen MR) is 74.1 cm³/mol. The van der Waals surface area contributed by atoms with Crippen molar-refractivity contribution >= 4 is 11.7 Å². The standard InChI is InChI=1S/C13H16N6O/c1-3-14-13(20)11-4-5-12(19-18-11)16-8-10-6-7-15-9(2)17-10/h4-7H,3,8H2,1-2H3,(H,14,20)(H,16,19). The summed E-state index contributed by atoms with van der Waals surface area (Å²) in [6.45, 7) is 4.78. The minimum Gasteiger partial charge on any atom is -0.363 e. The molecule has 0 aromatic carbocycles. The van der Waals surface area contributed by atoms with Gasteiger partial charge in [0.25, 0.3) is 5.91 Å². The van der Waals surface area contributed by atoms with Gasteiger partial charge in [-0.2, -0.15) is 0 Å². The fraction of sp³-hybridized carbons (Fsp3) is 0.308. The Hall–Kier alpha value is -2.57. The van der Waals surface area contributed by atoms with Crippen LogP contribution in [0.4, 0.5) is 5.82 Å². The van der Waals surface area contributed by atoms with E-state index in [0.29, 0.717) is 24.6 Å². The predicted octanol–water partition coefficient (Wildman–Crippen LogP) is 0.937. The molecule has 2 aromatic heterocycles. The molecule has 7 heteroatoms. The molecule has 0 aliphatic rings. The molecule has 0 unspecified atom stereocenters. The molecule has 0 saturated heterocycles. The maximum Gasteiger partial charge on any atom is 0.271 e. The lowest BCUT2D eigenvalue weighted by atomic mass is 10.3. The van der Waals surface area contributed by atoms with E-state index < -0.39 is 0 Å². The van der Waals surface area contributed by atoms with Crippen molar-refractivity contribution in [3.8, 4) is 0 Å². The van der Waals surface area contributed by atoms with Crippen molar-refractivity contribution in [2.75, 3.05) is 11.9 Å². The van der Waals surface area contributed by atoms with Crippen LogP contribution in [0.25, 0.3) is 0 Å². The number of hydrogen-bond acceptors (Lipinski definition) is 6. The first kappa shape index (κ1) is 13.9. The molecule has 0 atom stereocenters. The topological polar surface area (TPSA) is 92.7 Å². The molecule has 0 saturated carbocycles. The van der Waals surface area contributed by atoms with Gasteiger partial charge in [-0.1, -0.05) is 0 Å². The molecule has 1 amide bonds. The van der Waals surface area contributed by atoms with Crippen LogP contribution in [0.3, 0.4) is 0 Å². The lowest BCUT2D eigenvalue weighted by Gasteiger charge is -2.05. The summed E-state index contributed by atoms with van der Waals surface area (Å²) < 4.78 is 0. The Bertz CT molecular complexity index is 584. The molecule has 0 spiro atoms. The van der Waals surface area contributed by atoms with Crippen molar-refractivity contribution < 1.29 is 4.79 Å². The van der Waals surface area contributed by atoms with Crippen LogP contribution in [0.1, 0.15) is 28.9 Å². The highest BCUT2D eigenvalue weighted by Gasteiger charge is 2.06. The maximum atomic E-state index is 11.5. The number of nitrogens with zero attached hydrogens (tertiary/aromatic N) is 4. The van der Waals surface area contributed by atoms with Crippen LogP contribution < -0.4 is 10.6 Å². The second-order valence-electron chi connectivity index (χ2n) is 4.11. The van der Waals surface area contributed by atoms with Gasteiger partial charge in [-0.25, -0.2) is 9.97 Å². The monoisotopic (exact) mass is 272 g/mol. The van der Waals surface area contributed by atoms with E-state index in [9.17, 15) is 4.79 Å². The number of amides is 1. The molecule has 2 rings (SSSR count). The molecule has 0 aliphatic carbocycles. The van der Waals surface area contributed by atoms with Crippen molar-refractivity contribution in [2.45, 2.75) is 20.4 Å². The van der Waals surface area contributed by atoms with Crippen molar-refractivity contribution in [1.82, 2.24) is 25.5 Å². The normalized spacial score (nSPS) is 10.1. The zero-order valence-electron chi connectivity index (χ0n) is 11.4. The minimum atomic E-state index is -0.224. The van der Waals surface area contributed by atoms with E-state index in [2.05, 4.69) is 30.8 Å². The zero-order valence-corrected chi connectivity index (χ0v) is 11.4. The van der Waals surface area contributed by atoms with Gasteiger partial charge in [0, 0.05) is 12.7 Å². The Balaban J connectivity index is 1.95. The van der Waals surface area contributed by atoms with E-state index >= 15 is 0 Å². The number of carbonyl (C=O) groups is 1. The van der Waals surface area contributed by atoms with E-state index in [1.165, 1.54) is 0 Å². The van der Waals surface area contributed by atoms with Gasteiger partial charge >= 0.3 is 0 Å². The number of anilines is 1. The lowest BCUT2D eigenvalue weighted by molar-refractivity contribution is 0.0950. The third-order valence-corrected chi connectivity index (χ3v) is 2.52. The van der Waals surface area contributed by atoms with Gasteiger partial charge in [-0.3, -0.25) is 4.79 Å². The van der Waals surface area contributed by atoms with Gasteiger partial charge in [0.2, 0.25) is 0 Å². The van der Waals surface area contributed by atoms with Gasteiger partial charge in [0.1, 0.15) is 11.6 Å². The molecule has 104 valence electrons. The smallest absolute Gasteiger partial charge is 0.271 e. The van der Waals surface area contributed by atoms with Crippen LogP contribution >= 0.6 is 0 Å². The van der Waals surface area contributed by atoms with Crippen molar-refractivity contribution in [2.24, 2.45) is 0 Å². The number of hydrogen-bond donors (Lipinski definition) is 2. The van der Waals surface area contributed by atoms with E-state index in [0.717, 1.165) is 11.5 Å². The van der Waals surface area contributed by atoms with E-state index in [1.807, 2.05) is 19.9 Å². The van der Waals surface area contributed by atoms with Crippen molar-refractivity contribution in [3.05, 3.63) is 41.6 Å². The van der Waals surface area contributed by atoms with Gasteiger partial charge in [0.15, 0.2) is 5.69 Å². The summed E-state index contributed by atoms with van der Waals surface area (Å²) in [6.07, 6.45) is 1.71. The summed E-state index contributed by atoms with van der Waals surface area (Å²) in [5.41, 5.74) is 1.17. The van der Waals surface area contributed by atoms with Gasteiger partial charge in [0.05, 0.1) is 12.2 Å². The third kappa shape index (κ3) is 3.71. The van der Waals surface area contributed by atoms with Crippen molar-refractivity contribution in [3.63, 3.8) is 0 Å². The molecule has 0 fully saturated rings. The molecule has 2 aromatic rings. The number of aryl methyl sites for hydroxylation is 1. The van der Waals surface area contributed by atoms with Gasteiger partial charge in [-0.05, 0) is 32.0 Å². The van der Waals surface area contributed by atoms with Crippen LogP contribution in [-0.2, 0) is 6.54 Å². The Morgan fingerprint density at radius 2 is 2.10 bits per heavy atom. The Kier molecular flexibility index (Phi) is 4.54. The summed E-state index contributed by atoms with van der Waals surface area (Å²) in [7, 11) is 0. The Morgan fingerprint density at radius 3 is 2.75 bits per heavy atom. The highest BCUT2D eigenvalue weighted by molar-refractivity contribution is 5.92. The van der Waals surface area contributed by atoms with Crippen LogP contribution in [0.5, 0.6) is 0 Å². The largest absolute Gasteiger partial charge is 0.363 e. The minimum absolute atomic E-state index is 0.224. The molecule has 20 heavy (non-hydrogen) atoms. The quantitative estimate of drug-likeness (QED) is 0.841. The third-order valence-electron chi connectivity index (χ3n) is 2.52. The molecular weight excluding hydrogens is 256 g/mol. The van der Waals surface area contributed by atoms with E-state index in [4.69, 9.17) is 0 Å². The van der Waals surface area contributed by atoms with Gasteiger partial charge in [-0.15, -0.1) is 10.2 Å². The first-order valence-corrected chi connectivity index (χ1v) is 6.33. The molecule has 0 aliphatic heterocycles. The lowest BCUT2D eigenvalue weighted by Crippen LogP contribution is -2.24. The zero-order chi connectivity index (χ0) is 14.4. The fourth-order valence-electron chi connectivity index (χ4n) is 1.58. The summed E-state index contributed by atoms with van der Waals surface area (Å²) in [5, 5.41) is 13.6. The van der Waals surface area contributed by atoms with E-state index in [1.54, 1.807) is 18.3 Å². The molecular formula is C13H16N6O. The average Bonchev–Trinajstić information content (AvgIpc) is 2.46. The molecule has 0 radical (unpaired) electrons. The van der Waals surface area contributed by atoms with Crippen LogP contribution in [0.2, 0.25) is 0 Å². The highest BCUT2D eigenvalue weighted by Crippen LogP contribution is 2.04. The molecule has 2 N–H and O–H groups in total. The molecule has 0 bridgehead atoms. The summed E-state index contributed by atoms with van der Waals surface area (Å²) in [5.74, 6) is 1.09. The van der Waals surface area contributed by atoms with Crippen LogP contribution in [-0.4, -0.2) is 32.6 Å². The summed E-state index contributed by atoms with van der Waals surface area (Å²) in [4.78, 5) is 19.8. The number of nitrogens with one attached hydrogen (secondary N) is 2.